The van der Waals surface area contributed by atoms with Crippen LogP contribution in [0.2, 0.25) is 0 Å². The maximum atomic E-state index is 11.5. The topological polar surface area (TPSA) is 117 Å². The molecule has 0 aromatic carbocycles. The summed E-state index contributed by atoms with van der Waals surface area (Å²) in [7, 11) is 0. The molecule has 1 heterocycles. The molecule has 8 nitrogen and oxygen atoms in total. The van der Waals surface area contributed by atoms with E-state index in [4.69, 9.17) is 9.84 Å². The van der Waals surface area contributed by atoms with E-state index in [2.05, 4.69) is 20.5 Å². The van der Waals surface area contributed by atoms with E-state index in [1.165, 1.54) is 0 Å². The van der Waals surface area contributed by atoms with Gasteiger partial charge in [-0.3, -0.25) is 10.1 Å². The molecular formula is C11H18N4O4S. The largest absolute Gasteiger partial charge is 0.480 e. The van der Waals surface area contributed by atoms with Crippen molar-refractivity contribution < 1.29 is 19.4 Å². The first-order valence-corrected chi connectivity index (χ1v) is 6.91. The van der Waals surface area contributed by atoms with Crippen LogP contribution in [0.25, 0.3) is 0 Å². The van der Waals surface area contributed by atoms with Gasteiger partial charge in [0.15, 0.2) is 0 Å². The molecule has 1 rings (SSSR count). The van der Waals surface area contributed by atoms with Crippen LogP contribution in [0.15, 0.2) is 5.16 Å². The summed E-state index contributed by atoms with van der Waals surface area (Å²) in [5.41, 5.74) is -0.613. The first-order chi connectivity index (χ1) is 9.21. The molecule has 0 fully saturated rings. The van der Waals surface area contributed by atoms with E-state index < -0.39 is 22.9 Å². The predicted molar refractivity (Wildman–Crippen MR) is 73.8 cm³/mol. The minimum absolute atomic E-state index is 0.113. The molecule has 0 radical (unpaired) electrons. The number of thioether (sulfide) groups is 1. The van der Waals surface area contributed by atoms with Gasteiger partial charge < -0.3 is 9.84 Å². The second-order valence-electron chi connectivity index (χ2n) is 4.95. The van der Waals surface area contributed by atoms with Crippen LogP contribution in [0, 0.1) is 0 Å². The predicted octanol–water partition coefficient (Wildman–Crippen LogP) is 2.11. The number of carboxylic acids is 1. The van der Waals surface area contributed by atoms with Gasteiger partial charge in [0.25, 0.3) is 0 Å². The lowest BCUT2D eigenvalue weighted by molar-refractivity contribution is -0.136. The molecular weight excluding hydrogens is 284 g/mol. The van der Waals surface area contributed by atoms with Gasteiger partial charge in [0.2, 0.25) is 11.1 Å². The van der Waals surface area contributed by atoms with Crippen molar-refractivity contribution in [3.8, 4) is 0 Å². The van der Waals surface area contributed by atoms with Gasteiger partial charge in [0, 0.05) is 0 Å². The van der Waals surface area contributed by atoms with E-state index in [1.807, 2.05) is 0 Å². The standard InChI is InChI=1S/C11H18N4O4S/c1-5-6(7(16)17)20-9-12-8(14-15-9)13-10(18)19-11(2,3)4/h6H,5H2,1-4H3,(H,16,17)(H2,12,13,14,15,18). The van der Waals surface area contributed by atoms with Crippen molar-refractivity contribution in [2.45, 2.75) is 50.1 Å². The minimum atomic E-state index is -0.927. The van der Waals surface area contributed by atoms with E-state index in [-0.39, 0.29) is 11.1 Å². The van der Waals surface area contributed by atoms with Crippen LogP contribution in [0.3, 0.4) is 0 Å². The van der Waals surface area contributed by atoms with Crippen LogP contribution in [-0.4, -0.2) is 43.2 Å². The molecule has 0 spiro atoms. The monoisotopic (exact) mass is 302 g/mol. The summed E-state index contributed by atoms with van der Waals surface area (Å²) in [6, 6.07) is 0. The second-order valence-corrected chi connectivity index (χ2v) is 6.12. The Labute approximate surface area is 120 Å². The zero-order valence-electron chi connectivity index (χ0n) is 11.8. The smallest absolute Gasteiger partial charge is 0.414 e. The Morgan fingerprint density at radius 3 is 2.65 bits per heavy atom. The van der Waals surface area contributed by atoms with E-state index >= 15 is 0 Å². The maximum Gasteiger partial charge on any atom is 0.414 e. The molecule has 0 saturated heterocycles. The molecule has 0 aliphatic carbocycles. The quantitative estimate of drug-likeness (QED) is 0.713. The second kappa shape index (κ2) is 6.60. The van der Waals surface area contributed by atoms with Gasteiger partial charge in [-0.05, 0) is 27.2 Å². The molecule has 0 bridgehead atoms. The zero-order valence-corrected chi connectivity index (χ0v) is 12.6. The molecule has 9 heteroatoms. The lowest BCUT2D eigenvalue weighted by atomic mass is 10.2. The van der Waals surface area contributed by atoms with Crippen molar-refractivity contribution in [2.24, 2.45) is 0 Å². The Morgan fingerprint density at radius 2 is 2.15 bits per heavy atom. The third kappa shape index (κ3) is 5.47. The third-order valence-electron chi connectivity index (χ3n) is 1.98. The Morgan fingerprint density at radius 1 is 1.50 bits per heavy atom. The molecule has 112 valence electrons. The fourth-order valence-electron chi connectivity index (χ4n) is 1.19. The van der Waals surface area contributed by atoms with Crippen LogP contribution >= 0.6 is 11.8 Å². The van der Waals surface area contributed by atoms with Crippen LogP contribution in [-0.2, 0) is 9.53 Å². The van der Waals surface area contributed by atoms with Crippen LogP contribution in [0.4, 0.5) is 10.7 Å². The van der Waals surface area contributed by atoms with E-state index in [1.54, 1.807) is 27.7 Å². The average Bonchev–Trinajstić information content (AvgIpc) is 2.70. The van der Waals surface area contributed by atoms with E-state index in [9.17, 15) is 9.59 Å². The maximum absolute atomic E-state index is 11.5. The molecule has 1 aromatic rings. The number of rotatable bonds is 5. The van der Waals surface area contributed by atoms with Gasteiger partial charge in [-0.2, -0.15) is 4.98 Å². The number of anilines is 1. The molecule has 0 aliphatic rings. The molecule has 3 N–H and O–H groups in total. The van der Waals surface area contributed by atoms with Crippen LogP contribution in [0.5, 0.6) is 0 Å². The minimum Gasteiger partial charge on any atom is -0.480 e. The summed E-state index contributed by atoms with van der Waals surface area (Å²) >= 11 is 1.01. The first-order valence-electron chi connectivity index (χ1n) is 6.03. The fraction of sp³-hybridized carbons (Fsp3) is 0.636. The van der Waals surface area contributed by atoms with E-state index in [0.29, 0.717) is 6.42 Å². The fourth-order valence-corrected chi connectivity index (χ4v) is 1.96. The van der Waals surface area contributed by atoms with Gasteiger partial charge in [-0.25, -0.2) is 9.89 Å². The normalized spacial score (nSPS) is 12.8. The Bertz CT molecular complexity index is 483. The number of ether oxygens (including phenoxy) is 1. The number of carbonyl (C=O) groups excluding carboxylic acids is 1. The Hall–Kier alpha value is -1.77. The number of nitrogens with one attached hydrogen (secondary N) is 2. The molecule has 1 atom stereocenters. The number of hydrogen-bond donors (Lipinski definition) is 3. The zero-order chi connectivity index (χ0) is 15.3. The van der Waals surface area contributed by atoms with Crippen molar-refractivity contribution in [1.82, 2.24) is 15.2 Å². The highest BCUT2D eigenvalue weighted by Crippen LogP contribution is 2.22. The number of carbonyl (C=O) groups is 2. The molecule has 1 amide bonds. The van der Waals surface area contributed by atoms with Gasteiger partial charge in [-0.1, -0.05) is 18.7 Å². The van der Waals surface area contributed by atoms with Crippen molar-refractivity contribution >= 4 is 29.8 Å². The number of aromatic amines is 1. The third-order valence-corrected chi connectivity index (χ3v) is 3.19. The summed E-state index contributed by atoms with van der Waals surface area (Å²) in [4.78, 5) is 26.4. The number of carboxylic acid groups (broad SMARTS) is 1. The number of hydrogen-bond acceptors (Lipinski definition) is 6. The molecule has 1 aromatic heterocycles. The average molecular weight is 302 g/mol. The number of H-pyrrole nitrogens is 1. The van der Waals surface area contributed by atoms with Gasteiger partial charge in [0.1, 0.15) is 10.9 Å². The molecule has 0 saturated carbocycles. The lowest BCUT2D eigenvalue weighted by Crippen LogP contribution is -2.27. The highest BCUT2D eigenvalue weighted by Gasteiger charge is 2.20. The summed E-state index contributed by atoms with van der Waals surface area (Å²) in [6.07, 6.45) is -0.209. The number of nitrogens with zero attached hydrogens (tertiary/aromatic N) is 2. The molecule has 1 unspecified atom stereocenters. The van der Waals surface area contributed by atoms with Crippen LogP contribution in [0.1, 0.15) is 34.1 Å². The summed E-state index contributed by atoms with van der Waals surface area (Å²) in [5.74, 6) is -0.814. The molecule has 0 aliphatic heterocycles. The summed E-state index contributed by atoms with van der Waals surface area (Å²) < 4.78 is 5.05. The van der Waals surface area contributed by atoms with Crippen molar-refractivity contribution in [1.29, 1.82) is 0 Å². The van der Waals surface area contributed by atoms with Gasteiger partial charge in [-0.15, -0.1) is 5.10 Å². The molecule has 20 heavy (non-hydrogen) atoms. The Kier molecular flexibility index (Phi) is 5.37. The van der Waals surface area contributed by atoms with Crippen molar-refractivity contribution in [2.75, 3.05) is 5.32 Å². The highest BCUT2D eigenvalue weighted by molar-refractivity contribution is 8.00. The number of aliphatic carboxylic acids is 1. The first kappa shape index (κ1) is 16.3. The highest BCUT2D eigenvalue weighted by atomic mass is 32.2. The SMILES string of the molecule is CCC(Sc1n[nH]c(NC(=O)OC(C)(C)C)n1)C(=O)O. The lowest BCUT2D eigenvalue weighted by Gasteiger charge is -2.18. The van der Waals surface area contributed by atoms with Crippen LogP contribution < -0.4 is 5.32 Å². The number of amides is 1. The van der Waals surface area contributed by atoms with Gasteiger partial charge >= 0.3 is 12.1 Å². The summed E-state index contributed by atoms with van der Waals surface area (Å²) in [5, 5.41) is 17.3. The van der Waals surface area contributed by atoms with E-state index in [0.717, 1.165) is 11.8 Å². The Balaban J connectivity index is 2.59. The van der Waals surface area contributed by atoms with Crippen molar-refractivity contribution in [3.05, 3.63) is 0 Å². The van der Waals surface area contributed by atoms with Gasteiger partial charge in [0.05, 0.1) is 0 Å². The number of aromatic nitrogens is 3. The van der Waals surface area contributed by atoms with Crippen molar-refractivity contribution in [3.63, 3.8) is 0 Å². The summed E-state index contributed by atoms with van der Waals surface area (Å²) in [6.45, 7) is 6.99.